The molecule has 114 valence electrons. The van der Waals surface area contributed by atoms with Crippen LogP contribution in [0, 0.1) is 0 Å². The van der Waals surface area contributed by atoms with E-state index in [1.165, 1.54) is 69.3 Å². The minimum Gasteiger partial charge on any atom is -0.375 e. The second-order valence-electron chi connectivity index (χ2n) is 5.64. The molecule has 1 rings (SSSR count). The first-order valence-electron chi connectivity index (χ1n) is 8.25. The van der Waals surface area contributed by atoms with Gasteiger partial charge in [0.05, 0.1) is 12.7 Å². The van der Waals surface area contributed by atoms with Gasteiger partial charge >= 0.3 is 0 Å². The van der Waals surface area contributed by atoms with Crippen LogP contribution in [-0.4, -0.2) is 37.3 Å². The van der Waals surface area contributed by atoms with Crippen molar-refractivity contribution < 1.29 is 4.74 Å². The number of thioether (sulfide) groups is 1. The van der Waals surface area contributed by atoms with Crippen LogP contribution in [0.4, 0.5) is 0 Å². The van der Waals surface area contributed by atoms with E-state index in [0.29, 0.717) is 12.1 Å². The summed E-state index contributed by atoms with van der Waals surface area (Å²) in [6.07, 6.45) is 12.9. The Bertz CT molecular complexity index is 195. The molecule has 0 spiro atoms. The second-order valence-corrected chi connectivity index (χ2v) is 6.79. The van der Waals surface area contributed by atoms with Gasteiger partial charge in [-0.1, -0.05) is 58.3 Å². The molecule has 2 nitrogen and oxygen atoms in total. The van der Waals surface area contributed by atoms with Crippen molar-refractivity contribution in [2.45, 2.75) is 76.9 Å². The lowest BCUT2D eigenvalue weighted by Crippen LogP contribution is -2.43. The Morgan fingerprint density at radius 3 is 2.37 bits per heavy atom. The topological polar surface area (TPSA) is 21.3 Å². The van der Waals surface area contributed by atoms with Crippen molar-refractivity contribution in [2.75, 3.05) is 25.2 Å². The zero-order chi connectivity index (χ0) is 13.8. The third kappa shape index (κ3) is 8.21. The molecule has 1 aliphatic heterocycles. The molecule has 0 aromatic rings. The van der Waals surface area contributed by atoms with Crippen molar-refractivity contribution in [1.29, 1.82) is 0 Å². The monoisotopic (exact) mass is 287 g/mol. The van der Waals surface area contributed by atoms with Gasteiger partial charge in [-0.05, 0) is 13.5 Å². The minimum absolute atomic E-state index is 0.438. The number of unbranched alkanes of at least 4 members (excludes halogenated alkanes) is 7. The highest BCUT2D eigenvalue weighted by Crippen LogP contribution is 2.19. The van der Waals surface area contributed by atoms with Crippen molar-refractivity contribution in [3.63, 3.8) is 0 Å². The SMILES string of the molecule is CCCCCCCCCCC(NC)C1CSCCO1. The zero-order valence-corrected chi connectivity index (χ0v) is 13.8. The number of nitrogens with one attached hydrogen (secondary N) is 1. The Hall–Kier alpha value is 0.270. The highest BCUT2D eigenvalue weighted by atomic mass is 32.2. The molecule has 19 heavy (non-hydrogen) atoms. The van der Waals surface area contributed by atoms with Crippen LogP contribution in [0.2, 0.25) is 0 Å². The molecule has 0 radical (unpaired) electrons. The quantitative estimate of drug-likeness (QED) is 0.574. The summed E-state index contributed by atoms with van der Waals surface area (Å²) >= 11 is 2.04. The summed E-state index contributed by atoms with van der Waals surface area (Å²) in [5.41, 5.74) is 0. The predicted octanol–water partition coefficient (Wildman–Crippen LogP) is 4.24. The van der Waals surface area contributed by atoms with E-state index < -0.39 is 0 Å². The van der Waals surface area contributed by atoms with E-state index in [-0.39, 0.29) is 0 Å². The molecule has 0 aromatic carbocycles. The lowest BCUT2D eigenvalue weighted by atomic mass is 10.0. The zero-order valence-electron chi connectivity index (χ0n) is 13.0. The van der Waals surface area contributed by atoms with Crippen molar-refractivity contribution in [1.82, 2.24) is 5.32 Å². The third-order valence-corrected chi connectivity index (χ3v) is 5.05. The van der Waals surface area contributed by atoms with Crippen molar-refractivity contribution in [3.05, 3.63) is 0 Å². The van der Waals surface area contributed by atoms with Gasteiger partial charge < -0.3 is 10.1 Å². The van der Waals surface area contributed by atoms with Gasteiger partial charge in [-0.25, -0.2) is 0 Å². The molecule has 2 unspecified atom stereocenters. The Morgan fingerprint density at radius 2 is 1.79 bits per heavy atom. The molecular formula is C16H33NOS. The van der Waals surface area contributed by atoms with Gasteiger partial charge in [0, 0.05) is 17.5 Å². The van der Waals surface area contributed by atoms with Crippen LogP contribution < -0.4 is 5.32 Å². The standard InChI is InChI=1S/C16H33NOS/c1-3-4-5-6-7-8-9-10-11-15(17-2)16-14-19-13-12-18-16/h15-17H,3-14H2,1-2H3. The average Bonchev–Trinajstić information content (AvgIpc) is 2.47. The summed E-state index contributed by atoms with van der Waals surface area (Å²) in [7, 11) is 2.08. The van der Waals surface area contributed by atoms with E-state index >= 15 is 0 Å². The van der Waals surface area contributed by atoms with Crippen LogP contribution in [0.5, 0.6) is 0 Å². The maximum atomic E-state index is 5.87. The van der Waals surface area contributed by atoms with E-state index in [9.17, 15) is 0 Å². The van der Waals surface area contributed by atoms with E-state index in [1.807, 2.05) is 11.8 Å². The van der Waals surface area contributed by atoms with Gasteiger partial charge in [0.15, 0.2) is 0 Å². The van der Waals surface area contributed by atoms with Crippen molar-refractivity contribution in [2.24, 2.45) is 0 Å². The van der Waals surface area contributed by atoms with E-state index in [0.717, 1.165) is 6.61 Å². The first kappa shape index (κ1) is 17.3. The molecule has 3 heteroatoms. The molecule has 1 aliphatic rings. The van der Waals surface area contributed by atoms with E-state index in [1.54, 1.807) is 0 Å². The number of likely N-dealkylation sites (N-methyl/N-ethyl adjacent to an activating group) is 1. The molecule has 0 aromatic heterocycles. The fourth-order valence-electron chi connectivity index (χ4n) is 2.75. The van der Waals surface area contributed by atoms with Crippen molar-refractivity contribution >= 4 is 11.8 Å². The Balaban J connectivity index is 1.96. The van der Waals surface area contributed by atoms with Gasteiger partial charge in [0.25, 0.3) is 0 Å². The maximum absolute atomic E-state index is 5.87. The largest absolute Gasteiger partial charge is 0.375 e. The first-order chi connectivity index (χ1) is 9.38. The predicted molar refractivity (Wildman–Crippen MR) is 87.1 cm³/mol. The van der Waals surface area contributed by atoms with Crippen LogP contribution in [0.1, 0.15) is 64.7 Å². The van der Waals surface area contributed by atoms with Crippen LogP contribution >= 0.6 is 11.8 Å². The highest BCUT2D eigenvalue weighted by Gasteiger charge is 2.22. The highest BCUT2D eigenvalue weighted by molar-refractivity contribution is 7.99. The van der Waals surface area contributed by atoms with E-state index in [2.05, 4.69) is 19.3 Å². The number of ether oxygens (including phenoxy) is 1. The van der Waals surface area contributed by atoms with Gasteiger partial charge in [0.1, 0.15) is 0 Å². The summed E-state index contributed by atoms with van der Waals surface area (Å²) in [5.74, 6) is 2.34. The summed E-state index contributed by atoms with van der Waals surface area (Å²) in [5, 5.41) is 3.45. The lowest BCUT2D eigenvalue weighted by molar-refractivity contribution is 0.0462. The maximum Gasteiger partial charge on any atom is 0.0818 e. The van der Waals surface area contributed by atoms with Gasteiger partial charge in [-0.15, -0.1) is 0 Å². The summed E-state index contributed by atoms with van der Waals surface area (Å²) in [6, 6.07) is 0.563. The van der Waals surface area contributed by atoms with Gasteiger partial charge in [-0.2, -0.15) is 11.8 Å². The van der Waals surface area contributed by atoms with Crippen LogP contribution in [0.15, 0.2) is 0 Å². The molecule has 1 fully saturated rings. The molecular weight excluding hydrogens is 254 g/mol. The minimum atomic E-state index is 0.438. The van der Waals surface area contributed by atoms with Crippen molar-refractivity contribution in [3.8, 4) is 0 Å². The van der Waals surface area contributed by atoms with Crippen LogP contribution in [0.3, 0.4) is 0 Å². The normalized spacial score (nSPS) is 21.5. The smallest absolute Gasteiger partial charge is 0.0818 e. The summed E-state index contributed by atoms with van der Waals surface area (Å²) in [6.45, 7) is 3.22. The third-order valence-electron chi connectivity index (χ3n) is 4.03. The Kier molecular flexibility index (Phi) is 11.0. The fourth-order valence-corrected chi connectivity index (χ4v) is 3.69. The molecule has 0 aliphatic carbocycles. The average molecular weight is 288 g/mol. The molecule has 1 saturated heterocycles. The molecule has 0 saturated carbocycles. The van der Waals surface area contributed by atoms with Gasteiger partial charge in [0.2, 0.25) is 0 Å². The Morgan fingerprint density at radius 1 is 1.11 bits per heavy atom. The molecule has 1 heterocycles. The fraction of sp³-hybridized carbons (Fsp3) is 1.00. The number of hydrogen-bond donors (Lipinski definition) is 1. The van der Waals surface area contributed by atoms with Crippen LogP contribution in [0.25, 0.3) is 0 Å². The molecule has 0 amide bonds. The summed E-state index contributed by atoms with van der Waals surface area (Å²) in [4.78, 5) is 0. The molecule has 2 atom stereocenters. The van der Waals surface area contributed by atoms with Crippen LogP contribution in [-0.2, 0) is 4.74 Å². The lowest BCUT2D eigenvalue weighted by Gasteiger charge is -2.30. The second kappa shape index (κ2) is 12.0. The number of hydrogen-bond acceptors (Lipinski definition) is 3. The molecule has 0 bridgehead atoms. The van der Waals surface area contributed by atoms with E-state index in [4.69, 9.17) is 4.74 Å². The number of rotatable bonds is 11. The van der Waals surface area contributed by atoms with Gasteiger partial charge in [-0.3, -0.25) is 0 Å². The Labute approximate surface area is 124 Å². The summed E-state index contributed by atoms with van der Waals surface area (Å²) < 4.78 is 5.87. The molecule has 1 N–H and O–H groups in total. The first-order valence-corrected chi connectivity index (χ1v) is 9.40.